The zero-order chi connectivity index (χ0) is 11.7. The van der Waals surface area contributed by atoms with Crippen LogP contribution in [-0.4, -0.2) is 10.3 Å². The van der Waals surface area contributed by atoms with E-state index in [2.05, 4.69) is 59.8 Å². The minimum atomic E-state index is -0.0511. The molecule has 0 spiro atoms. The zero-order valence-electron chi connectivity index (χ0n) is 11.1. The normalized spacial score (nSPS) is 18.2. The Labute approximate surface area is 96.6 Å². The molecule has 0 aliphatic heterocycles. The molecule has 0 unspecified atom stereocenters. The molecule has 1 rings (SSSR count). The minimum absolute atomic E-state index is 0.0511. The van der Waals surface area contributed by atoms with Crippen molar-refractivity contribution >= 4 is 7.92 Å². The quantitative estimate of drug-likeness (QED) is 0.530. The molecule has 0 nitrogen and oxygen atoms in total. The van der Waals surface area contributed by atoms with E-state index in [-0.39, 0.29) is 7.92 Å². The van der Waals surface area contributed by atoms with Gasteiger partial charge in [-0.1, -0.05) is 67.7 Å². The fourth-order valence-electron chi connectivity index (χ4n) is 2.64. The molecule has 0 radical (unpaired) electrons. The van der Waals surface area contributed by atoms with E-state index >= 15 is 0 Å². The van der Waals surface area contributed by atoms with Gasteiger partial charge < -0.3 is 0 Å². The van der Waals surface area contributed by atoms with Crippen LogP contribution in [0.3, 0.4) is 0 Å². The summed E-state index contributed by atoms with van der Waals surface area (Å²) < 4.78 is 0. The highest BCUT2D eigenvalue weighted by atomic mass is 31.1. The molecule has 0 aromatic heterocycles. The number of rotatable bonds is 1. The van der Waals surface area contributed by atoms with Crippen LogP contribution < -0.4 is 0 Å². The van der Waals surface area contributed by atoms with Crippen molar-refractivity contribution in [2.24, 2.45) is 0 Å². The minimum Gasteiger partial charge on any atom is -0.0842 e. The summed E-state index contributed by atoms with van der Waals surface area (Å²) in [4.78, 5) is 0. The van der Waals surface area contributed by atoms with E-state index in [9.17, 15) is 0 Å². The van der Waals surface area contributed by atoms with Gasteiger partial charge in [0, 0.05) is 0 Å². The van der Waals surface area contributed by atoms with Crippen molar-refractivity contribution in [3.05, 3.63) is 23.5 Å². The Kier molecular flexibility index (Phi) is 3.82. The van der Waals surface area contributed by atoms with Gasteiger partial charge in [-0.15, -0.1) is 0 Å². The molecule has 0 amide bonds. The smallest absolute Gasteiger partial charge is 0.0138 e. The summed E-state index contributed by atoms with van der Waals surface area (Å²) in [6.45, 7) is 14.4. The molecule has 0 N–H and O–H groups in total. The maximum absolute atomic E-state index is 2.39. The molecular formula is C14H25P. The van der Waals surface area contributed by atoms with Gasteiger partial charge in [-0.3, -0.25) is 0 Å². The second kappa shape index (κ2) is 4.42. The largest absolute Gasteiger partial charge is 0.0842 e. The van der Waals surface area contributed by atoms with Crippen molar-refractivity contribution < 1.29 is 0 Å². The second-order valence-corrected chi connectivity index (χ2v) is 10.2. The van der Waals surface area contributed by atoms with Gasteiger partial charge in [0.05, 0.1) is 0 Å². The molecule has 0 aromatic rings. The van der Waals surface area contributed by atoms with Crippen LogP contribution in [0.5, 0.6) is 0 Å². The van der Waals surface area contributed by atoms with E-state index < -0.39 is 0 Å². The Bertz CT molecular complexity index is 257. The highest BCUT2D eigenvalue weighted by molar-refractivity contribution is 7.65. The van der Waals surface area contributed by atoms with Crippen LogP contribution in [0.25, 0.3) is 0 Å². The second-order valence-electron chi connectivity index (χ2n) is 6.30. The average molecular weight is 224 g/mol. The van der Waals surface area contributed by atoms with Gasteiger partial charge >= 0.3 is 0 Å². The molecule has 86 valence electrons. The van der Waals surface area contributed by atoms with Gasteiger partial charge in [-0.25, -0.2) is 0 Å². The molecule has 0 aromatic carbocycles. The first-order chi connectivity index (χ1) is 6.73. The summed E-state index contributed by atoms with van der Waals surface area (Å²) in [6, 6.07) is 0. The summed E-state index contributed by atoms with van der Waals surface area (Å²) in [5, 5.41) is 2.54. The summed E-state index contributed by atoms with van der Waals surface area (Å²) >= 11 is 0. The number of hydrogen-bond donors (Lipinski definition) is 0. The van der Waals surface area contributed by atoms with Crippen molar-refractivity contribution in [2.45, 2.75) is 64.7 Å². The first-order valence-electron chi connectivity index (χ1n) is 5.89. The summed E-state index contributed by atoms with van der Waals surface area (Å²) in [6.07, 6.45) is 9.40. The van der Waals surface area contributed by atoms with Crippen molar-refractivity contribution in [1.29, 1.82) is 0 Å². The highest BCUT2D eigenvalue weighted by Crippen LogP contribution is 2.65. The third-order valence-corrected chi connectivity index (χ3v) is 6.25. The molecule has 1 heteroatoms. The van der Waals surface area contributed by atoms with Gasteiger partial charge in [0.25, 0.3) is 0 Å². The standard InChI is InChI=1S/C14H25P/c1-13(2,3)15(14(4,5)6)12-10-8-7-9-11-12/h7-8,10H,9,11H2,1-6H3. The van der Waals surface area contributed by atoms with Crippen molar-refractivity contribution in [1.82, 2.24) is 0 Å². The van der Waals surface area contributed by atoms with Crippen LogP contribution in [0.15, 0.2) is 23.5 Å². The molecule has 1 aliphatic rings. The van der Waals surface area contributed by atoms with E-state index in [0.717, 1.165) is 0 Å². The summed E-state index contributed by atoms with van der Waals surface area (Å²) in [5.74, 6) is 0. The molecule has 0 atom stereocenters. The van der Waals surface area contributed by atoms with Gasteiger partial charge in [0.2, 0.25) is 0 Å². The maximum atomic E-state index is 2.39. The zero-order valence-corrected chi connectivity index (χ0v) is 12.0. The fraction of sp³-hybridized carbons (Fsp3) is 0.714. The monoisotopic (exact) mass is 224 g/mol. The van der Waals surface area contributed by atoms with Crippen LogP contribution in [0.2, 0.25) is 0 Å². The lowest BCUT2D eigenvalue weighted by Crippen LogP contribution is -2.26. The molecule has 0 saturated carbocycles. The first-order valence-corrected chi connectivity index (χ1v) is 7.23. The molecule has 15 heavy (non-hydrogen) atoms. The Morgan fingerprint density at radius 3 is 1.87 bits per heavy atom. The van der Waals surface area contributed by atoms with Crippen LogP contribution >= 0.6 is 7.92 Å². The lowest BCUT2D eigenvalue weighted by molar-refractivity contribution is 0.707. The third kappa shape index (κ3) is 3.45. The van der Waals surface area contributed by atoms with Gasteiger partial charge in [-0.05, 0) is 28.5 Å². The molecule has 0 fully saturated rings. The molecular weight excluding hydrogens is 199 g/mol. The average Bonchev–Trinajstić information content (AvgIpc) is 2.00. The van der Waals surface area contributed by atoms with Gasteiger partial charge in [0.15, 0.2) is 0 Å². The Morgan fingerprint density at radius 2 is 1.53 bits per heavy atom. The summed E-state index contributed by atoms with van der Waals surface area (Å²) in [7, 11) is -0.0511. The van der Waals surface area contributed by atoms with Crippen molar-refractivity contribution in [2.75, 3.05) is 0 Å². The lowest BCUT2D eigenvalue weighted by Gasteiger charge is -2.43. The molecule has 0 saturated heterocycles. The van der Waals surface area contributed by atoms with Gasteiger partial charge in [-0.2, -0.15) is 0 Å². The van der Waals surface area contributed by atoms with E-state index in [1.165, 1.54) is 12.8 Å². The van der Waals surface area contributed by atoms with Crippen LogP contribution in [0.4, 0.5) is 0 Å². The Balaban J connectivity index is 3.02. The van der Waals surface area contributed by atoms with E-state index in [1.54, 1.807) is 5.31 Å². The maximum Gasteiger partial charge on any atom is -0.0138 e. The predicted molar refractivity (Wildman–Crippen MR) is 72.9 cm³/mol. The van der Waals surface area contributed by atoms with E-state index in [0.29, 0.717) is 10.3 Å². The Morgan fingerprint density at radius 1 is 1.00 bits per heavy atom. The van der Waals surface area contributed by atoms with Crippen molar-refractivity contribution in [3.8, 4) is 0 Å². The molecule has 0 heterocycles. The van der Waals surface area contributed by atoms with Crippen LogP contribution in [0, 0.1) is 0 Å². The molecule has 1 aliphatic carbocycles. The lowest BCUT2D eigenvalue weighted by atomic mass is 10.2. The highest BCUT2D eigenvalue weighted by Gasteiger charge is 2.36. The first kappa shape index (κ1) is 13.0. The number of hydrogen-bond acceptors (Lipinski definition) is 0. The Hall–Kier alpha value is -0.0900. The van der Waals surface area contributed by atoms with E-state index in [4.69, 9.17) is 0 Å². The van der Waals surface area contributed by atoms with Crippen LogP contribution in [0.1, 0.15) is 54.4 Å². The SMILES string of the molecule is CC(C)(C)P(C1=CC=CCC1)C(C)(C)C. The molecule has 0 bridgehead atoms. The predicted octanol–water partition coefficient (Wildman–Crippen LogP) is 5.30. The topological polar surface area (TPSA) is 0 Å². The van der Waals surface area contributed by atoms with Gasteiger partial charge in [0.1, 0.15) is 0 Å². The summed E-state index contributed by atoms with van der Waals surface area (Å²) in [5.41, 5.74) is 0. The third-order valence-electron chi connectivity index (χ3n) is 2.62. The number of allylic oxidation sites excluding steroid dienone is 4. The van der Waals surface area contributed by atoms with Crippen molar-refractivity contribution in [3.63, 3.8) is 0 Å². The van der Waals surface area contributed by atoms with E-state index in [1.807, 2.05) is 0 Å². The van der Waals surface area contributed by atoms with Crippen LogP contribution in [-0.2, 0) is 0 Å². The fourth-order valence-corrected chi connectivity index (χ4v) is 6.97.